The highest BCUT2D eigenvalue weighted by atomic mass is 31.0. The van der Waals surface area contributed by atoms with E-state index in [0.29, 0.717) is 6.42 Å². The Morgan fingerprint density at radius 3 is 2.94 bits per heavy atom. The van der Waals surface area contributed by atoms with Crippen molar-refractivity contribution in [3.63, 3.8) is 0 Å². The molecule has 2 rings (SSSR count). The van der Waals surface area contributed by atoms with E-state index in [1.54, 1.807) is 16.9 Å². The van der Waals surface area contributed by atoms with Gasteiger partial charge in [0.05, 0.1) is 5.92 Å². The Bertz CT molecular complexity index is 492. The van der Waals surface area contributed by atoms with Crippen molar-refractivity contribution >= 4 is 27.1 Å². The van der Waals surface area contributed by atoms with Gasteiger partial charge in [0.1, 0.15) is 11.9 Å². The van der Waals surface area contributed by atoms with Gasteiger partial charge >= 0.3 is 5.97 Å². The third-order valence-electron chi connectivity index (χ3n) is 2.93. The van der Waals surface area contributed by atoms with E-state index in [4.69, 9.17) is 5.11 Å². The molecule has 0 bridgehead atoms. The van der Waals surface area contributed by atoms with E-state index in [-0.39, 0.29) is 5.91 Å². The fourth-order valence-electron chi connectivity index (χ4n) is 1.89. The van der Waals surface area contributed by atoms with Crippen molar-refractivity contribution in [2.24, 2.45) is 5.92 Å². The van der Waals surface area contributed by atoms with Crippen molar-refractivity contribution in [2.45, 2.75) is 12.5 Å². The quantitative estimate of drug-likeness (QED) is 0.595. The van der Waals surface area contributed by atoms with Crippen LogP contribution in [0.1, 0.15) is 5.56 Å². The van der Waals surface area contributed by atoms with Gasteiger partial charge in [-0.05, 0) is 33.5 Å². The van der Waals surface area contributed by atoms with Gasteiger partial charge in [0.2, 0.25) is 5.91 Å². The summed E-state index contributed by atoms with van der Waals surface area (Å²) in [4.78, 5) is 26.4. The van der Waals surface area contributed by atoms with Crippen molar-refractivity contribution in [1.82, 2.24) is 10.3 Å². The second-order valence-electron chi connectivity index (χ2n) is 4.27. The first-order valence-corrected chi connectivity index (χ1v) is 5.97. The number of hydrogen-bond donors (Lipinski definition) is 2. The first kappa shape index (κ1) is 12.8. The Morgan fingerprint density at radius 2 is 2.39 bits per heavy atom. The molecule has 1 aliphatic rings. The molecule has 1 amide bonds. The highest BCUT2D eigenvalue weighted by Crippen LogP contribution is 2.23. The molecule has 0 radical (unpaired) electrons. The van der Waals surface area contributed by atoms with Crippen LogP contribution < -0.4 is 9.99 Å². The Hall–Kier alpha value is -1.68. The maximum atomic E-state index is 11.4. The van der Waals surface area contributed by atoms with E-state index in [9.17, 15) is 9.59 Å². The second kappa shape index (κ2) is 4.90. The molecular weight excluding hydrogens is 253 g/mol. The lowest BCUT2D eigenvalue weighted by atomic mass is 9.85. The summed E-state index contributed by atoms with van der Waals surface area (Å²) in [5, 5.41) is 11.3. The molecule has 7 heteroatoms. The Kier molecular flexibility index (Phi) is 3.48. The van der Waals surface area contributed by atoms with Crippen LogP contribution in [0, 0.1) is 5.92 Å². The van der Waals surface area contributed by atoms with Gasteiger partial charge in [-0.15, -0.1) is 0 Å². The van der Waals surface area contributed by atoms with Gasteiger partial charge in [-0.3, -0.25) is 4.79 Å². The number of anilines is 1. The summed E-state index contributed by atoms with van der Waals surface area (Å²) in [5.41, 5.74) is 0.903. The number of rotatable bonds is 4. The van der Waals surface area contributed by atoms with Crippen LogP contribution >= 0.6 is 9.39 Å². The van der Waals surface area contributed by atoms with Crippen LogP contribution in [0.2, 0.25) is 0 Å². The molecule has 0 spiro atoms. The molecule has 1 unspecified atom stereocenters. The van der Waals surface area contributed by atoms with Crippen LogP contribution in [0.15, 0.2) is 18.3 Å². The van der Waals surface area contributed by atoms with Gasteiger partial charge in [-0.25, -0.2) is 9.78 Å². The summed E-state index contributed by atoms with van der Waals surface area (Å²) >= 11 is 0. The zero-order valence-electron chi connectivity index (χ0n) is 9.83. The summed E-state index contributed by atoms with van der Waals surface area (Å²) in [5.74, 6) is -0.936. The third-order valence-corrected chi connectivity index (χ3v) is 3.19. The standard InChI is InChI=1S/C11H14N3O3P/c1-14(18)8-5-6(2-3-12-8)4-7-9(11(16)17)13-10(7)15/h2-3,5,7,9H,4,18H2,1H3,(H,13,15)(H,16,17)/t7-,9+/m1/s1. The molecule has 1 aromatic rings. The molecule has 18 heavy (non-hydrogen) atoms. The van der Waals surface area contributed by atoms with Crippen LogP contribution in [0.25, 0.3) is 0 Å². The Morgan fingerprint density at radius 1 is 1.67 bits per heavy atom. The topological polar surface area (TPSA) is 82.5 Å². The fourth-order valence-corrected chi connectivity index (χ4v) is 2.04. The van der Waals surface area contributed by atoms with Crippen molar-refractivity contribution in [1.29, 1.82) is 0 Å². The predicted octanol–water partition coefficient (Wildman–Crippen LogP) is 0.0496. The van der Waals surface area contributed by atoms with Crippen molar-refractivity contribution < 1.29 is 14.7 Å². The first-order valence-electron chi connectivity index (χ1n) is 5.45. The molecule has 1 aromatic heterocycles. The number of pyridine rings is 1. The van der Waals surface area contributed by atoms with E-state index in [0.717, 1.165) is 11.4 Å². The Balaban J connectivity index is 2.11. The normalized spacial score (nSPS) is 22.0. The van der Waals surface area contributed by atoms with Crippen LogP contribution in [0.3, 0.4) is 0 Å². The van der Waals surface area contributed by atoms with Crippen LogP contribution in [-0.4, -0.2) is 35.1 Å². The average Bonchev–Trinajstić information content (AvgIpc) is 2.33. The molecule has 2 heterocycles. The summed E-state index contributed by atoms with van der Waals surface area (Å²) < 4.78 is 1.78. The molecule has 3 atom stereocenters. The lowest BCUT2D eigenvalue weighted by molar-refractivity contribution is -0.153. The maximum Gasteiger partial charge on any atom is 0.327 e. The number of nitrogens with zero attached hydrogens (tertiary/aromatic N) is 2. The third kappa shape index (κ3) is 2.43. The van der Waals surface area contributed by atoms with Gasteiger partial charge in [0.25, 0.3) is 0 Å². The van der Waals surface area contributed by atoms with Gasteiger partial charge in [0, 0.05) is 13.2 Å². The number of carboxylic acids is 1. The number of carbonyl (C=O) groups is 2. The number of carboxylic acid groups (broad SMARTS) is 1. The van der Waals surface area contributed by atoms with E-state index < -0.39 is 17.9 Å². The van der Waals surface area contributed by atoms with Crippen LogP contribution in [0.5, 0.6) is 0 Å². The lowest BCUT2D eigenvalue weighted by Crippen LogP contribution is -2.62. The van der Waals surface area contributed by atoms with Gasteiger partial charge < -0.3 is 15.1 Å². The SMILES string of the molecule is CN(P)c1cc(C[C@H]2C(=O)N[C@@H]2C(=O)O)ccn1. The molecule has 1 aliphatic heterocycles. The number of aliphatic carboxylic acids is 1. The second-order valence-corrected chi connectivity index (χ2v) is 5.04. The van der Waals surface area contributed by atoms with Crippen LogP contribution in [-0.2, 0) is 16.0 Å². The van der Waals surface area contributed by atoms with Gasteiger partial charge in [-0.2, -0.15) is 0 Å². The minimum Gasteiger partial charge on any atom is -0.480 e. The van der Waals surface area contributed by atoms with E-state index in [2.05, 4.69) is 19.7 Å². The number of hydrogen-bond acceptors (Lipinski definition) is 4. The average molecular weight is 267 g/mol. The molecule has 1 saturated heterocycles. The monoisotopic (exact) mass is 267 g/mol. The molecular formula is C11H14N3O3P. The zero-order valence-corrected chi connectivity index (χ0v) is 11.0. The minimum atomic E-state index is -0.989. The number of carbonyl (C=O) groups excluding carboxylic acids is 1. The first-order chi connectivity index (χ1) is 8.49. The van der Waals surface area contributed by atoms with E-state index >= 15 is 0 Å². The van der Waals surface area contributed by atoms with Gasteiger partial charge in [0.15, 0.2) is 0 Å². The fraction of sp³-hybridized carbons (Fsp3) is 0.364. The summed E-state index contributed by atoms with van der Waals surface area (Å²) in [7, 11) is 4.33. The van der Waals surface area contributed by atoms with Gasteiger partial charge in [-0.1, -0.05) is 0 Å². The number of amides is 1. The zero-order chi connectivity index (χ0) is 13.3. The maximum absolute atomic E-state index is 11.4. The number of β-lactam (4-membered cyclic amide) rings is 1. The highest BCUT2D eigenvalue weighted by molar-refractivity contribution is 7.18. The Labute approximate surface area is 107 Å². The molecule has 1 fully saturated rings. The molecule has 6 nitrogen and oxygen atoms in total. The lowest BCUT2D eigenvalue weighted by Gasteiger charge is -2.33. The summed E-state index contributed by atoms with van der Waals surface area (Å²) in [6, 6.07) is 2.86. The summed E-state index contributed by atoms with van der Waals surface area (Å²) in [6.07, 6.45) is 2.06. The van der Waals surface area contributed by atoms with Crippen molar-refractivity contribution in [3.8, 4) is 0 Å². The number of nitrogens with one attached hydrogen (secondary N) is 1. The minimum absolute atomic E-state index is 0.208. The molecule has 2 N–H and O–H groups in total. The molecule has 96 valence electrons. The van der Waals surface area contributed by atoms with Crippen molar-refractivity contribution in [3.05, 3.63) is 23.9 Å². The van der Waals surface area contributed by atoms with Crippen LogP contribution in [0.4, 0.5) is 5.82 Å². The van der Waals surface area contributed by atoms with E-state index in [1.165, 1.54) is 0 Å². The molecule has 0 saturated carbocycles. The smallest absolute Gasteiger partial charge is 0.327 e. The number of aromatic nitrogens is 1. The van der Waals surface area contributed by atoms with E-state index in [1.807, 2.05) is 13.1 Å². The van der Waals surface area contributed by atoms with Crippen molar-refractivity contribution in [2.75, 3.05) is 11.7 Å². The summed E-state index contributed by atoms with van der Waals surface area (Å²) in [6.45, 7) is 0. The molecule has 0 aliphatic carbocycles. The molecule has 0 aromatic carbocycles. The highest BCUT2D eigenvalue weighted by Gasteiger charge is 2.43. The predicted molar refractivity (Wildman–Crippen MR) is 69.1 cm³/mol. The largest absolute Gasteiger partial charge is 0.480 e.